The molecule has 1 aliphatic rings. The van der Waals surface area contributed by atoms with Gasteiger partial charge in [-0.15, -0.1) is 0 Å². The standard InChI is InChI=1S/C9H17N3O/c1-2-3-7-4-5-8(13)6-9(7)11-12-10/h7-9,13H,2-6H2,1H3. The lowest BCUT2D eigenvalue weighted by Gasteiger charge is -2.30. The van der Waals surface area contributed by atoms with Gasteiger partial charge in [-0.1, -0.05) is 24.9 Å². The van der Waals surface area contributed by atoms with E-state index < -0.39 is 0 Å². The van der Waals surface area contributed by atoms with Crippen molar-refractivity contribution in [1.82, 2.24) is 0 Å². The quantitative estimate of drug-likeness (QED) is 0.408. The summed E-state index contributed by atoms with van der Waals surface area (Å²) >= 11 is 0. The van der Waals surface area contributed by atoms with Crippen molar-refractivity contribution in [3.63, 3.8) is 0 Å². The Hall–Kier alpha value is -0.730. The number of azide groups is 1. The second-order valence-electron chi connectivity index (χ2n) is 3.79. The lowest BCUT2D eigenvalue weighted by Crippen LogP contribution is -2.30. The normalized spacial score (nSPS) is 33.8. The van der Waals surface area contributed by atoms with Crippen LogP contribution >= 0.6 is 0 Å². The number of nitrogens with zero attached hydrogens (tertiary/aromatic N) is 3. The highest BCUT2D eigenvalue weighted by molar-refractivity contribution is 4.84. The van der Waals surface area contributed by atoms with Gasteiger partial charge in [-0.3, -0.25) is 0 Å². The summed E-state index contributed by atoms with van der Waals surface area (Å²) in [4.78, 5) is 2.84. The van der Waals surface area contributed by atoms with E-state index in [2.05, 4.69) is 16.9 Å². The van der Waals surface area contributed by atoms with Crippen molar-refractivity contribution in [1.29, 1.82) is 0 Å². The molecule has 0 aromatic rings. The van der Waals surface area contributed by atoms with E-state index in [0.29, 0.717) is 12.3 Å². The van der Waals surface area contributed by atoms with Crippen LogP contribution in [0.5, 0.6) is 0 Å². The molecule has 1 saturated carbocycles. The van der Waals surface area contributed by atoms with E-state index in [-0.39, 0.29) is 12.1 Å². The van der Waals surface area contributed by atoms with Crippen LogP contribution in [0.25, 0.3) is 10.4 Å². The summed E-state index contributed by atoms with van der Waals surface area (Å²) in [6.07, 6.45) is 4.48. The van der Waals surface area contributed by atoms with Gasteiger partial charge in [-0.05, 0) is 30.7 Å². The largest absolute Gasteiger partial charge is 0.393 e. The Morgan fingerprint density at radius 1 is 1.54 bits per heavy atom. The highest BCUT2D eigenvalue weighted by Gasteiger charge is 2.27. The fourth-order valence-corrected chi connectivity index (χ4v) is 2.10. The zero-order chi connectivity index (χ0) is 9.68. The molecule has 0 aromatic heterocycles. The number of rotatable bonds is 3. The minimum Gasteiger partial charge on any atom is -0.393 e. The van der Waals surface area contributed by atoms with Gasteiger partial charge < -0.3 is 5.11 Å². The molecule has 1 N–H and O–H groups in total. The summed E-state index contributed by atoms with van der Waals surface area (Å²) in [6, 6.07) is 0.0219. The molecule has 0 bridgehead atoms. The molecule has 0 amide bonds. The van der Waals surface area contributed by atoms with Gasteiger partial charge in [-0.2, -0.15) is 0 Å². The van der Waals surface area contributed by atoms with Crippen LogP contribution in [-0.4, -0.2) is 17.3 Å². The van der Waals surface area contributed by atoms with Gasteiger partial charge in [-0.25, -0.2) is 0 Å². The van der Waals surface area contributed by atoms with Gasteiger partial charge in [0.15, 0.2) is 0 Å². The van der Waals surface area contributed by atoms with E-state index in [4.69, 9.17) is 5.53 Å². The van der Waals surface area contributed by atoms with Crippen molar-refractivity contribution in [2.24, 2.45) is 11.0 Å². The van der Waals surface area contributed by atoms with Crippen molar-refractivity contribution in [2.45, 2.75) is 51.2 Å². The van der Waals surface area contributed by atoms with E-state index in [1.165, 1.54) is 0 Å². The summed E-state index contributed by atoms with van der Waals surface area (Å²) in [5.74, 6) is 0.490. The minimum absolute atomic E-state index is 0.0219. The molecular formula is C9H17N3O. The highest BCUT2D eigenvalue weighted by atomic mass is 16.3. The topological polar surface area (TPSA) is 69.0 Å². The molecule has 0 heterocycles. The smallest absolute Gasteiger partial charge is 0.0544 e. The van der Waals surface area contributed by atoms with Crippen molar-refractivity contribution < 1.29 is 5.11 Å². The molecular weight excluding hydrogens is 166 g/mol. The monoisotopic (exact) mass is 183 g/mol. The molecule has 0 aromatic carbocycles. The molecule has 4 nitrogen and oxygen atoms in total. The van der Waals surface area contributed by atoms with Crippen LogP contribution < -0.4 is 0 Å². The predicted octanol–water partition coefficient (Wildman–Crippen LogP) is 2.63. The van der Waals surface area contributed by atoms with Crippen LogP contribution in [0.1, 0.15) is 39.0 Å². The van der Waals surface area contributed by atoms with Crippen molar-refractivity contribution in [2.75, 3.05) is 0 Å². The lowest BCUT2D eigenvalue weighted by atomic mass is 9.81. The maximum atomic E-state index is 9.41. The Balaban J connectivity index is 2.54. The molecule has 1 fully saturated rings. The molecule has 1 rings (SSSR count). The van der Waals surface area contributed by atoms with E-state index in [1.807, 2.05) is 0 Å². The highest BCUT2D eigenvalue weighted by Crippen LogP contribution is 2.30. The molecule has 4 heteroatoms. The first kappa shape index (κ1) is 10.4. The molecule has 0 aliphatic heterocycles. The van der Waals surface area contributed by atoms with E-state index >= 15 is 0 Å². The van der Waals surface area contributed by atoms with Crippen LogP contribution in [0.2, 0.25) is 0 Å². The fourth-order valence-electron chi connectivity index (χ4n) is 2.10. The zero-order valence-electron chi connectivity index (χ0n) is 8.06. The minimum atomic E-state index is -0.261. The second-order valence-corrected chi connectivity index (χ2v) is 3.79. The Bertz CT molecular complexity index is 201. The Labute approximate surface area is 78.6 Å². The maximum Gasteiger partial charge on any atom is 0.0544 e. The second kappa shape index (κ2) is 5.10. The van der Waals surface area contributed by atoms with Gasteiger partial charge >= 0.3 is 0 Å². The van der Waals surface area contributed by atoms with Gasteiger partial charge in [0, 0.05) is 11.0 Å². The van der Waals surface area contributed by atoms with Crippen LogP contribution in [0.15, 0.2) is 5.11 Å². The number of aliphatic hydroxyl groups is 1. The summed E-state index contributed by atoms with van der Waals surface area (Å²) < 4.78 is 0. The van der Waals surface area contributed by atoms with Gasteiger partial charge in [0.25, 0.3) is 0 Å². The van der Waals surface area contributed by atoms with Crippen molar-refractivity contribution in [3.05, 3.63) is 10.4 Å². The maximum absolute atomic E-state index is 9.41. The summed E-state index contributed by atoms with van der Waals surface area (Å²) in [5.41, 5.74) is 8.37. The molecule has 0 saturated heterocycles. The van der Waals surface area contributed by atoms with E-state index in [1.54, 1.807) is 0 Å². The van der Waals surface area contributed by atoms with E-state index in [9.17, 15) is 5.11 Å². The molecule has 3 atom stereocenters. The Kier molecular flexibility index (Phi) is 4.06. The summed E-state index contributed by atoms with van der Waals surface area (Å²) in [6.45, 7) is 2.14. The average molecular weight is 183 g/mol. The van der Waals surface area contributed by atoms with Crippen LogP contribution in [0, 0.1) is 5.92 Å². The molecule has 0 radical (unpaired) electrons. The third-order valence-corrected chi connectivity index (χ3v) is 2.79. The van der Waals surface area contributed by atoms with Crippen molar-refractivity contribution in [3.8, 4) is 0 Å². The molecule has 74 valence electrons. The first-order valence-electron chi connectivity index (χ1n) is 5.00. The Morgan fingerprint density at radius 3 is 2.92 bits per heavy atom. The number of hydrogen-bond donors (Lipinski definition) is 1. The Morgan fingerprint density at radius 2 is 2.31 bits per heavy atom. The van der Waals surface area contributed by atoms with Gasteiger partial charge in [0.2, 0.25) is 0 Å². The van der Waals surface area contributed by atoms with Crippen LogP contribution in [0.4, 0.5) is 0 Å². The fraction of sp³-hybridized carbons (Fsp3) is 1.00. The first-order chi connectivity index (χ1) is 6.27. The predicted molar refractivity (Wildman–Crippen MR) is 51.2 cm³/mol. The van der Waals surface area contributed by atoms with Gasteiger partial charge in [0.05, 0.1) is 6.10 Å². The summed E-state index contributed by atoms with van der Waals surface area (Å²) in [7, 11) is 0. The van der Waals surface area contributed by atoms with Crippen LogP contribution in [0.3, 0.4) is 0 Å². The number of aliphatic hydroxyl groups excluding tert-OH is 1. The van der Waals surface area contributed by atoms with Gasteiger partial charge in [0.1, 0.15) is 0 Å². The molecule has 13 heavy (non-hydrogen) atoms. The average Bonchev–Trinajstić information content (AvgIpc) is 2.10. The first-order valence-corrected chi connectivity index (χ1v) is 5.00. The zero-order valence-corrected chi connectivity index (χ0v) is 8.06. The molecule has 1 aliphatic carbocycles. The van der Waals surface area contributed by atoms with E-state index in [0.717, 1.165) is 25.7 Å². The third kappa shape index (κ3) is 2.90. The van der Waals surface area contributed by atoms with Crippen LogP contribution in [-0.2, 0) is 0 Å². The summed E-state index contributed by atoms with van der Waals surface area (Å²) in [5, 5.41) is 13.2. The molecule has 3 unspecified atom stereocenters. The molecule has 0 spiro atoms. The third-order valence-electron chi connectivity index (χ3n) is 2.79. The number of hydrogen-bond acceptors (Lipinski definition) is 2. The lowest BCUT2D eigenvalue weighted by molar-refractivity contribution is 0.0926. The SMILES string of the molecule is CCCC1CCC(O)CC1N=[N+]=[N-]. The van der Waals surface area contributed by atoms with Crippen molar-refractivity contribution >= 4 is 0 Å².